The zero-order valence-electron chi connectivity index (χ0n) is 5.95. The van der Waals surface area contributed by atoms with Crippen LogP contribution in [-0.4, -0.2) is 17.1 Å². The first-order valence-corrected chi connectivity index (χ1v) is 3.71. The first-order valence-electron chi connectivity index (χ1n) is 3.33. The van der Waals surface area contributed by atoms with Gasteiger partial charge in [-0.15, -0.1) is 11.6 Å². The summed E-state index contributed by atoms with van der Waals surface area (Å²) in [7, 11) is 0. The van der Waals surface area contributed by atoms with Crippen molar-refractivity contribution < 1.29 is 0 Å². The van der Waals surface area contributed by atoms with E-state index in [0.717, 1.165) is 25.1 Å². The number of nitrogens with zero attached hydrogens (tertiary/aromatic N) is 1. The molecular formula is C7H12ClN. The second-order valence-electron chi connectivity index (χ2n) is 2.77. The first kappa shape index (κ1) is 7.07. The van der Waals surface area contributed by atoms with E-state index in [-0.39, 0.29) is 4.87 Å². The van der Waals surface area contributed by atoms with Crippen LogP contribution in [0, 0.1) is 0 Å². The van der Waals surface area contributed by atoms with Crippen LogP contribution in [0.3, 0.4) is 0 Å². The lowest BCUT2D eigenvalue weighted by Gasteiger charge is -2.25. The minimum Gasteiger partial charge on any atom is -0.293 e. The Kier molecular flexibility index (Phi) is 1.80. The van der Waals surface area contributed by atoms with E-state index in [2.05, 4.69) is 4.99 Å². The molecule has 0 radical (unpaired) electrons. The van der Waals surface area contributed by atoms with Crippen molar-refractivity contribution in [3.05, 3.63) is 0 Å². The molecule has 1 heterocycles. The Morgan fingerprint density at radius 1 is 1.67 bits per heavy atom. The van der Waals surface area contributed by atoms with Gasteiger partial charge in [-0.3, -0.25) is 4.99 Å². The van der Waals surface area contributed by atoms with Crippen molar-refractivity contribution in [3.63, 3.8) is 0 Å². The van der Waals surface area contributed by atoms with E-state index in [4.69, 9.17) is 11.6 Å². The van der Waals surface area contributed by atoms with E-state index in [1.54, 1.807) is 0 Å². The number of hydrogen-bond donors (Lipinski definition) is 0. The number of hydrogen-bond acceptors (Lipinski definition) is 1. The van der Waals surface area contributed by atoms with Crippen LogP contribution in [0.4, 0.5) is 0 Å². The molecular weight excluding hydrogens is 134 g/mol. The highest BCUT2D eigenvalue weighted by molar-refractivity contribution is 6.35. The molecule has 0 aromatic rings. The Labute approximate surface area is 61.1 Å². The summed E-state index contributed by atoms with van der Waals surface area (Å²) >= 11 is 6.09. The van der Waals surface area contributed by atoms with Crippen LogP contribution in [0.2, 0.25) is 0 Å². The molecule has 0 aromatic carbocycles. The molecule has 1 aliphatic rings. The summed E-state index contributed by atoms with van der Waals surface area (Å²) in [5.74, 6) is 0. The van der Waals surface area contributed by atoms with Crippen molar-refractivity contribution in [1.82, 2.24) is 0 Å². The van der Waals surface area contributed by atoms with Crippen LogP contribution in [-0.2, 0) is 0 Å². The molecule has 1 unspecified atom stereocenters. The fraction of sp³-hybridized carbons (Fsp3) is 0.857. The van der Waals surface area contributed by atoms with Gasteiger partial charge in [-0.1, -0.05) is 0 Å². The Morgan fingerprint density at radius 2 is 2.33 bits per heavy atom. The third-order valence-corrected chi connectivity index (χ3v) is 2.37. The van der Waals surface area contributed by atoms with E-state index in [9.17, 15) is 0 Å². The molecule has 0 N–H and O–H groups in total. The van der Waals surface area contributed by atoms with Crippen molar-refractivity contribution in [2.24, 2.45) is 4.99 Å². The molecule has 0 spiro atoms. The van der Waals surface area contributed by atoms with Crippen molar-refractivity contribution in [2.45, 2.75) is 31.6 Å². The molecule has 0 aromatic heterocycles. The fourth-order valence-corrected chi connectivity index (χ4v) is 1.20. The van der Waals surface area contributed by atoms with Crippen LogP contribution in [0.15, 0.2) is 4.99 Å². The average Bonchev–Trinajstić information content (AvgIpc) is 1.77. The van der Waals surface area contributed by atoms with Gasteiger partial charge in [-0.05, 0) is 26.7 Å². The van der Waals surface area contributed by atoms with Crippen LogP contribution in [0.1, 0.15) is 26.7 Å². The summed E-state index contributed by atoms with van der Waals surface area (Å²) < 4.78 is 0. The maximum atomic E-state index is 6.09. The summed E-state index contributed by atoms with van der Waals surface area (Å²) in [6.07, 6.45) is 2.21. The van der Waals surface area contributed by atoms with Gasteiger partial charge in [0.2, 0.25) is 0 Å². The molecule has 0 aliphatic carbocycles. The zero-order chi connectivity index (χ0) is 6.91. The van der Waals surface area contributed by atoms with Crippen molar-refractivity contribution in [1.29, 1.82) is 0 Å². The predicted molar refractivity (Wildman–Crippen MR) is 41.5 cm³/mol. The molecule has 1 rings (SSSR count). The number of alkyl halides is 1. The third-order valence-electron chi connectivity index (χ3n) is 1.91. The van der Waals surface area contributed by atoms with E-state index in [0.29, 0.717) is 0 Å². The summed E-state index contributed by atoms with van der Waals surface area (Å²) in [6, 6.07) is 0. The first-order chi connectivity index (χ1) is 4.13. The number of halogens is 1. The lowest BCUT2D eigenvalue weighted by atomic mass is 9.97. The van der Waals surface area contributed by atoms with Gasteiger partial charge in [0, 0.05) is 12.3 Å². The largest absolute Gasteiger partial charge is 0.293 e. The molecule has 2 heteroatoms. The number of aliphatic imine (C=N–C) groups is 1. The van der Waals surface area contributed by atoms with Gasteiger partial charge < -0.3 is 0 Å². The van der Waals surface area contributed by atoms with E-state index >= 15 is 0 Å². The summed E-state index contributed by atoms with van der Waals surface area (Å²) in [5.41, 5.74) is 1.09. The lowest BCUT2D eigenvalue weighted by Crippen LogP contribution is -2.30. The minimum absolute atomic E-state index is 0.141. The molecule has 1 aliphatic heterocycles. The maximum Gasteiger partial charge on any atom is 0.0792 e. The summed E-state index contributed by atoms with van der Waals surface area (Å²) in [5, 5.41) is 0. The highest BCUT2D eigenvalue weighted by atomic mass is 35.5. The van der Waals surface area contributed by atoms with Crippen LogP contribution in [0.25, 0.3) is 0 Å². The van der Waals surface area contributed by atoms with Gasteiger partial charge in [-0.25, -0.2) is 0 Å². The van der Waals surface area contributed by atoms with Gasteiger partial charge in [0.05, 0.1) is 4.87 Å². The van der Waals surface area contributed by atoms with Crippen molar-refractivity contribution in [3.8, 4) is 0 Å². The molecule has 9 heavy (non-hydrogen) atoms. The van der Waals surface area contributed by atoms with Crippen LogP contribution >= 0.6 is 11.6 Å². The monoisotopic (exact) mass is 145 g/mol. The zero-order valence-corrected chi connectivity index (χ0v) is 6.70. The van der Waals surface area contributed by atoms with Crippen LogP contribution < -0.4 is 0 Å². The molecule has 0 saturated heterocycles. The Bertz CT molecular complexity index is 138. The standard InChI is InChI=1S/C7H12ClN/c1-6-7(2,8)4-3-5-9-6/h3-5H2,1-2H3. The highest BCUT2D eigenvalue weighted by Gasteiger charge is 2.26. The summed E-state index contributed by atoms with van der Waals surface area (Å²) in [4.78, 5) is 4.13. The van der Waals surface area contributed by atoms with Crippen LogP contribution in [0.5, 0.6) is 0 Å². The quantitative estimate of drug-likeness (QED) is 0.464. The third kappa shape index (κ3) is 1.45. The smallest absolute Gasteiger partial charge is 0.0792 e. The topological polar surface area (TPSA) is 12.4 Å². The normalized spacial score (nSPS) is 36.1. The molecule has 52 valence electrons. The Balaban J connectivity index is 2.73. The van der Waals surface area contributed by atoms with E-state index < -0.39 is 0 Å². The SMILES string of the molecule is CC1=NCCCC1(C)Cl. The average molecular weight is 146 g/mol. The Hall–Kier alpha value is -0.0400. The van der Waals surface area contributed by atoms with Crippen molar-refractivity contribution >= 4 is 17.3 Å². The second kappa shape index (κ2) is 2.30. The fourth-order valence-electron chi connectivity index (χ4n) is 1.00. The molecule has 0 saturated carbocycles. The highest BCUT2D eigenvalue weighted by Crippen LogP contribution is 2.26. The summed E-state index contributed by atoms with van der Waals surface area (Å²) in [6.45, 7) is 5.01. The molecule has 0 amide bonds. The van der Waals surface area contributed by atoms with Gasteiger partial charge in [-0.2, -0.15) is 0 Å². The van der Waals surface area contributed by atoms with Gasteiger partial charge >= 0.3 is 0 Å². The molecule has 1 atom stereocenters. The van der Waals surface area contributed by atoms with Gasteiger partial charge in [0.1, 0.15) is 0 Å². The maximum absolute atomic E-state index is 6.09. The number of rotatable bonds is 0. The van der Waals surface area contributed by atoms with E-state index in [1.165, 1.54) is 0 Å². The van der Waals surface area contributed by atoms with Gasteiger partial charge in [0.25, 0.3) is 0 Å². The lowest BCUT2D eigenvalue weighted by molar-refractivity contribution is 0.635. The minimum atomic E-state index is -0.141. The molecule has 0 fully saturated rings. The van der Waals surface area contributed by atoms with Gasteiger partial charge in [0.15, 0.2) is 0 Å². The Morgan fingerprint density at radius 3 is 2.67 bits per heavy atom. The molecule has 0 bridgehead atoms. The van der Waals surface area contributed by atoms with E-state index in [1.807, 2.05) is 13.8 Å². The predicted octanol–water partition coefficient (Wildman–Crippen LogP) is 2.24. The van der Waals surface area contributed by atoms with Crippen molar-refractivity contribution in [2.75, 3.05) is 6.54 Å². The second-order valence-corrected chi connectivity index (χ2v) is 3.60. The molecule has 1 nitrogen and oxygen atoms in total.